The van der Waals surface area contributed by atoms with Crippen LogP contribution in [0.1, 0.15) is 15.9 Å². The van der Waals surface area contributed by atoms with E-state index in [0.717, 1.165) is 38.4 Å². The zero-order valence-corrected chi connectivity index (χ0v) is 12.5. The van der Waals surface area contributed by atoms with Gasteiger partial charge in [-0.25, -0.2) is 0 Å². The van der Waals surface area contributed by atoms with Crippen LogP contribution in [0.2, 0.25) is 0 Å². The lowest BCUT2D eigenvalue weighted by Gasteiger charge is -2.34. The highest BCUT2D eigenvalue weighted by molar-refractivity contribution is 5.93. The second-order valence-electron chi connectivity index (χ2n) is 5.70. The predicted octanol–water partition coefficient (Wildman–Crippen LogP) is -0.0448. The molecule has 1 N–H and O–H groups in total. The number of carboxylic acids is 1. The Morgan fingerprint density at radius 1 is 1.00 bits per heavy atom. The van der Waals surface area contributed by atoms with Gasteiger partial charge in [-0.15, -0.1) is 0 Å². The molecule has 1 fully saturated rings. The minimum absolute atomic E-state index is 0.286. The highest BCUT2D eigenvalue weighted by Crippen LogP contribution is 2.19. The third kappa shape index (κ3) is 3.28. The number of piperazine rings is 1. The maximum Gasteiger partial charge on any atom is 0.103 e. The van der Waals surface area contributed by atoms with Crippen LogP contribution in [-0.4, -0.2) is 32.1 Å². The van der Waals surface area contributed by atoms with Crippen LogP contribution in [0.25, 0.3) is 0 Å². The first-order chi connectivity index (χ1) is 10.7. The molecule has 1 aliphatic heterocycles. The van der Waals surface area contributed by atoms with Crippen molar-refractivity contribution in [1.82, 2.24) is 0 Å². The van der Waals surface area contributed by atoms with E-state index >= 15 is 0 Å². The summed E-state index contributed by atoms with van der Waals surface area (Å²) in [7, 11) is 0. The summed E-state index contributed by atoms with van der Waals surface area (Å²) in [6, 6.07) is 17.6. The smallest absolute Gasteiger partial charge is 0.103 e. The Bertz CT molecular complexity index is 635. The molecule has 1 saturated heterocycles. The molecule has 22 heavy (non-hydrogen) atoms. The van der Waals surface area contributed by atoms with Crippen molar-refractivity contribution in [3.63, 3.8) is 0 Å². The maximum absolute atomic E-state index is 11.2. The highest BCUT2D eigenvalue weighted by Gasteiger charge is 2.21. The number of hydrogen-bond acceptors (Lipinski definition) is 3. The fraction of sp³-hybridized carbons (Fsp3) is 0.278. The van der Waals surface area contributed by atoms with E-state index in [0.29, 0.717) is 0 Å². The van der Waals surface area contributed by atoms with Gasteiger partial charge < -0.3 is 19.7 Å². The van der Waals surface area contributed by atoms with E-state index in [1.54, 1.807) is 12.1 Å². The van der Waals surface area contributed by atoms with Crippen LogP contribution in [0.3, 0.4) is 0 Å². The Kier molecular flexibility index (Phi) is 4.39. The molecule has 2 aromatic rings. The van der Waals surface area contributed by atoms with Gasteiger partial charge in [0.05, 0.1) is 32.1 Å². The van der Waals surface area contributed by atoms with E-state index in [-0.39, 0.29) is 5.56 Å². The zero-order valence-electron chi connectivity index (χ0n) is 12.5. The molecule has 4 nitrogen and oxygen atoms in total. The van der Waals surface area contributed by atoms with Gasteiger partial charge in [-0.1, -0.05) is 48.5 Å². The Balaban J connectivity index is 1.64. The van der Waals surface area contributed by atoms with Crippen molar-refractivity contribution in [2.75, 3.05) is 31.1 Å². The molecular formula is C18H20N2O2. The molecule has 1 heterocycles. The number of carbonyl (C=O) groups excluding carboxylic acids is 1. The van der Waals surface area contributed by atoms with Crippen molar-refractivity contribution in [3.8, 4) is 0 Å². The van der Waals surface area contributed by atoms with Gasteiger partial charge in [0.25, 0.3) is 0 Å². The molecule has 3 rings (SSSR count). The first kappa shape index (κ1) is 14.6. The summed E-state index contributed by atoms with van der Waals surface area (Å²) in [5.74, 6) is -1.10. The summed E-state index contributed by atoms with van der Waals surface area (Å²) < 4.78 is 0. The van der Waals surface area contributed by atoms with Gasteiger partial charge in [0.2, 0.25) is 0 Å². The SMILES string of the molecule is O=C([O-])c1ccccc1N1CC[NH+](Cc2ccccc2)CC1. The van der Waals surface area contributed by atoms with Gasteiger partial charge in [-0.3, -0.25) is 0 Å². The zero-order chi connectivity index (χ0) is 15.4. The van der Waals surface area contributed by atoms with Crippen molar-refractivity contribution >= 4 is 11.7 Å². The minimum atomic E-state index is -1.10. The van der Waals surface area contributed by atoms with Gasteiger partial charge in [-0.05, 0) is 6.07 Å². The number of aromatic carboxylic acids is 1. The standard InChI is InChI=1S/C18H20N2O2/c21-18(22)16-8-4-5-9-17(16)20-12-10-19(11-13-20)14-15-6-2-1-3-7-15/h1-9H,10-14H2,(H,21,22). The summed E-state index contributed by atoms with van der Waals surface area (Å²) >= 11 is 0. The largest absolute Gasteiger partial charge is 0.545 e. The number of quaternary nitrogens is 1. The molecule has 114 valence electrons. The number of nitrogens with one attached hydrogen (secondary N) is 1. The van der Waals surface area contributed by atoms with E-state index in [1.807, 2.05) is 18.2 Å². The lowest BCUT2D eigenvalue weighted by Crippen LogP contribution is -3.13. The molecule has 0 atom stereocenters. The predicted molar refractivity (Wildman–Crippen MR) is 83.8 cm³/mol. The van der Waals surface area contributed by atoms with Crippen LogP contribution < -0.4 is 14.9 Å². The van der Waals surface area contributed by atoms with Crippen LogP contribution in [0.4, 0.5) is 5.69 Å². The van der Waals surface area contributed by atoms with Crippen LogP contribution in [-0.2, 0) is 6.54 Å². The summed E-state index contributed by atoms with van der Waals surface area (Å²) in [6.45, 7) is 4.78. The summed E-state index contributed by atoms with van der Waals surface area (Å²) in [6.07, 6.45) is 0. The van der Waals surface area contributed by atoms with Crippen molar-refractivity contribution in [3.05, 3.63) is 65.7 Å². The average Bonchev–Trinajstić information content (AvgIpc) is 2.56. The molecule has 4 heteroatoms. The van der Waals surface area contributed by atoms with Gasteiger partial charge >= 0.3 is 0 Å². The highest BCUT2D eigenvalue weighted by atomic mass is 16.4. The van der Waals surface area contributed by atoms with Crippen molar-refractivity contribution in [1.29, 1.82) is 0 Å². The van der Waals surface area contributed by atoms with Crippen molar-refractivity contribution in [2.24, 2.45) is 0 Å². The van der Waals surface area contributed by atoms with Crippen molar-refractivity contribution in [2.45, 2.75) is 6.54 Å². The third-order valence-electron chi connectivity index (χ3n) is 4.23. The third-order valence-corrected chi connectivity index (χ3v) is 4.23. The summed E-state index contributed by atoms with van der Waals surface area (Å²) in [5, 5.41) is 11.2. The maximum atomic E-state index is 11.2. The lowest BCUT2D eigenvalue weighted by molar-refractivity contribution is -0.914. The molecule has 0 aromatic heterocycles. The Hall–Kier alpha value is -2.33. The fourth-order valence-electron chi connectivity index (χ4n) is 3.05. The van der Waals surface area contributed by atoms with Gasteiger partial charge in [0.1, 0.15) is 6.54 Å². The quantitative estimate of drug-likeness (QED) is 0.861. The molecule has 0 amide bonds. The molecule has 0 radical (unpaired) electrons. The second kappa shape index (κ2) is 6.62. The number of nitrogens with zero attached hydrogens (tertiary/aromatic N) is 1. The number of para-hydroxylation sites is 1. The Morgan fingerprint density at radius 2 is 1.64 bits per heavy atom. The molecule has 0 aliphatic carbocycles. The number of rotatable bonds is 4. The van der Waals surface area contributed by atoms with Gasteiger partial charge in [0, 0.05) is 16.8 Å². The van der Waals surface area contributed by atoms with E-state index in [4.69, 9.17) is 0 Å². The normalized spacial score (nSPS) is 15.7. The van der Waals surface area contributed by atoms with E-state index in [2.05, 4.69) is 29.2 Å². The van der Waals surface area contributed by atoms with Gasteiger partial charge in [-0.2, -0.15) is 0 Å². The van der Waals surface area contributed by atoms with Crippen LogP contribution in [0.15, 0.2) is 54.6 Å². The lowest BCUT2D eigenvalue weighted by atomic mass is 10.1. The molecule has 0 unspecified atom stereocenters. The molecule has 2 aromatic carbocycles. The molecule has 0 bridgehead atoms. The van der Waals surface area contributed by atoms with Crippen LogP contribution in [0.5, 0.6) is 0 Å². The second-order valence-corrected chi connectivity index (χ2v) is 5.70. The number of hydrogen-bond donors (Lipinski definition) is 1. The first-order valence-corrected chi connectivity index (χ1v) is 7.67. The van der Waals surface area contributed by atoms with E-state index in [9.17, 15) is 9.90 Å². The number of anilines is 1. The molecular weight excluding hydrogens is 276 g/mol. The fourth-order valence-corrected chi connectivity index (χ4v) is 3.05. The van der Waals surface area contributed by atoms with Crippen LogP contribution >= 0.6 is 0 Å². The molecule has 0 spiro atoms. The molecule has 0 saturated carbocycles. The number of benzene rings is 2. The Labute approximate surface area is 130 Å². The minimum Gasteiger partial charge on any atom is -0.545 e. The Morgan fingerprint density at radius 3 is 2.32 bits per heavy atom. The van der Waals surface area contributed by atoms with Crippen molar-refractivity contribution < 1.29 is 14.8 Å². The topological polar surface area (TPSA) is 47.8 Å². The first-order valence-electron chi connectivity index (χ1n) is 7.67. The average molecular weight is 296 g/mol. The van der Waals surface area contributed by atoms with Gasteiger partial charge in [0.15, 0.2) is 0 Å². The molecule has 1 aliphatic rings. The number of carbonyl (C=O) groups is 1. The van der Waals surface area contributed by atoms with E-state index < -0.39 is 5.97 Å². The summed E-state index contributed by atoms with van der Waals surface area (Å²) in [4.78, 5) is 14.9. The number of carboxylic acid groups (broad SMARTS) is 1. The summed E-state index contributed by atoms with van der Waals surface area (Å²) in [5.41, 5.74) is 2.41. The van der Waals surface area contributed by atoms with E-state index in [1.165, 1.54) is 10.5 Å². The van der Waals surface area contributed by atoms with Crippen LogP contribution in [0, 0.1) is 0 Å². The monoisotopic (exact) mass is 296 g/mol.